The molecule has 1 amide bonds. The maximum atomic E-state index is 11.9. The molecule has 2 N–H and O–H groups in total. The first kappa shape index (κ1) is 12.2. The van der Waals surface area contributed by atoms with Gasteiger partial charge < -0.3 is 9.84 Å². The van der Waals surface area contributed by atoms with E-state index in [2.05, 4.69) is 20.7 Å². The highest BCUT2D eigenvalue weighted by atomic mass is 16.5. The molecule has 0 unspecified atom stereocenters. The van der Waals surface area contributed by atoms with Crippen LogP contribution in [0.4, 0.5) is 5.69 Å². The van der Waals surface area contributed by atoms with E-state index in [1.165, 1.54) is 0 Å². The fourth-order valence-electron chi connectivity index (χ4n) is 1.82. The fraction of sp³-hybridized carbons (Fsp3) is 0.0714. The smallest absolute Gasteiger partial charge is 0.277 e. The van der Waals surface area contributed by atoms with Crippen LogP contribution in [0.2, 0.25) is 0 Å². The van der Waals surface area contributed by atoms with Crippen molar-refractivity contribution < 1.29 is 9.32 Å². The molecule has 0 bridgehead atoms. The van der Waals surface area contributed by atoms with Crippen molar-refractivity contribution in [2.45, 2.75) is 6.92 Å². The topological polar surface area (TPSA) is 83.8 Å². The first-order valence-electron chi connectivity index (χ1n) is 6.07. The predicted octanol–water partition coefficient (Wildman–Crippen LogP) is 2.63. The summed E-state index contributed by atoms with van der Waals surface area (Å²) in [4.78, 5) is 11.9. The number of carbonyl (C=O) groups is 1. The highest BCUT2D eigenvalue weighted by Gasteiger charge is 2.11. The first-order valence-corrected chi connectivity index (χ1v) is 6.07. The molecule has 3 rings (SSSR count). The van der Waals surface area contributed by atoms with Crippen LogP contribution in [-0.2, 0) is 0 Å². The minimum atomic E-state index is -0.295. The predicted molar refractivity (Wildman–Crippen MR) is 73.2 cm³/mol. The van der Waals surface area contributed by atoms with Gasteiger partial charge in [-0.1, -0.05) is 17.3 Å². The average Bonchev–Trinajstić information content (AvgIpc) is 3.10. The number of nitrogens with zero attached hydrogens (tertiary/aromatic N) is 2. The fourth-order valence-corrected chi connectivity index (χ4v) is 1.82. The van der Waals surface area contributed by atoms with Gasteiger partial charge in [-0.2, -0.15) is 5.10 Å². The molecule has 0 radical (unpaired) electrons. The highest BCUT2D eigenvalue weighted by molar-refractivity contribution is 6.02. The molecule has 0 aliphatic heterocycles. The van der Waals surface area contributed by atoms with E-state index in [-0.39, 0.29) is 11.6 Å². The Morgan fingerprint density at radius 3 is 2.65 bits per heavy atom. The van der Waals surface area contributed by atoms with Crippen LogP contribution in [-0.4, -0.2) is 21.3 Å². The second kappa shape index (κ2) is 5.00. The lowest BCUT2D eigenvalue weighted by atomic mass is 10.1. The van der Waals surface area contributed by atoms with Gasteiger partial charge in [0.05, 0.1) is 5.69 Å². The molecule has 20 heavy (non-hydrogen) atoms. The van der Waals surface area contributed by atoms with Gasteiger partial charge in [-0.05, 0) is 30.7 Å². The molecule has 100 valence electrons. The van der Waals surface area contributed by atoms with Crippen LogP contribution >= 0.6 is 0 Å². The van der Waals surface area contributed by atoms with Gasteiger partial charge in [0.1, 0.15) is 5.76 Å². The quantitative estimate of drug-likeness (QED) is 0.764. The molecule has 0 saturated carbocycles. The van der Waals surface area contributed by atoms with E-state index < -0.39 is 0 Å². The number of amides is 1. The van der Waals surface area contributed by atoms with Crippen LogP contribution in [0.5, 0.6) is 0 Å². The molecule has 0 spiro atoms. The van der Waals surface area contributed by atoms with Gasteiger partial charge in [-0.3, -0.25) is 9.89 Å². The van der Waals surface area contributed by atoms with Crippen molar-refractivity contribution in [3.63, 3.8) is 0 Å². The van der Waals surface area contributed by atoms with Crippen LogP contribution in [0.1, 0.15) is 16.2 Å². The van der Waals surface area contributed by atoms with Crippen LogP contribution in [0, 0.1) is 6.92 Å². The zero-order chi connectivity index (χ0) is 13.9. The molecular weight excluding hydrogens is 256 g/mol. The summed E-state index contributed by atoms with van der Waals surface area (Å²) >= 11 is 0. The Balaban J connectivity index is 1.74. The number of aromatic nitrogens is 3. The van der Waals surface area contributed by atoms with Crippen LogP contribution in [0.3, 0.4) is 0 Å². The molecule has 6 heteroatoms. The Labute approximate surface area is 114 Å². The third-order valence-electron chi connectivity index (χ3n) is 2.82. The molecule has 2 heterocycles. The van der Waals surface area contributed by atoms with Crippen molar-refractivity contribution in [3.05, 3.63) is 54.0 Å². The lowest BCUT2D eigenvalue weighted by Crippen LogP contribution is -2.11. The molecule has 0 saturated heterocycles. The number of carbonyl (C=O) groups excluding carboxylic acids is 1. The third-order valence-corrected chi connectivity index (χ3v) is 2.82. The Kier molecular flexibility index (Phi) is 3.04. The summed E-state index contributed by atoms with van der Waals surface area (Å²) < 4.78 is 4.87. The van der Waals surface area contributed by atoms with E-state index in [0.717, 1.165) is 11.3 Å². The zero-order valence-electron chi connectivity index (χ0n) is 10.8. The van der Waals surface area contributed by atoms with Crippen LogP contribution < -0.4 is 5.32 Å². The van der Waals surface area contributed by atoms with Gasteiger partial charge in [0.25, 0.3) is 5.91 Å². The Bertz CT molecular complexity index is 714. The van der Waals surface area contributed by atoms with Crippen molar-refractivity contribution in [1.82, 2.24) is 15.4 Å². The molecule has 6 nitrogen and oxygen atoms in total. The monoisotopic (exact) mass is 268 g/mol. The van der Waals surface area contributed by atoms with E-state index in [0.29, 0.717) is 11.4 Å². The van der Waals surface area contributed by atoms with Gasteiger partial charge >= 0.3 is 0 Å². The number of hydrogen-bond donors (Lipinski definition) is 2. The number of nitrogens with one attached hydrogen (secondary N) is 2. The first-order chi connectivity index (χ1) is 9.72. The average molecular weight is 268 g/mol. The van der Waals surface area contributed by atoms with Crippen LogP contribution in [0.15, 0.2) is 47.1 Å². The number of H-pyrrole nitrogens is 1. The van der Waals surface area contributed by atoms with Gasteiger partial charge in [-0.15, -0.1) is 0 Å². The molecule has 0 aliphatic rings. The summed E-state index contributed by atoms with van der Waals surface area (Å²) in [6.07, 6.45) is 1.69. The second-order valence-corrected chi connectivity index (χ2v) is 4.32. The van der Waals surface area contributed by atoms with Gasteiger partial charge in [-0.25, -0.2) is 0 Å². The van der Waals surface area contributed by atoms with Crippen molar-refractivity contribution in [2.75, 3.05) is 5.32 Å². The minimum absolute atomic E-state index is 0.264. The largest absolute Gasteiger partial charge is 0.361 e. The normalized spacial score (nSPS) is 10.4. The maximum Gasteiger partial charge on any atom is 0.277 e. The summed E-state index contributed by atoms with van der Waals surface area (Å²) in [5, 5.41) is 13.2. The number of aromatic amines is 1. The summed E-state index contributed by atoms with van der Waals surface area (Å²) in [6.45, 7) is 1.74. The van der Waals surface area contributed by atoms with E-state index in [4.69, 9.17) is 4.52 Å². The standard InChI is InChI=1S/C14H12N4O2/c1-9-8-13(18-20-9)14(19)16-11-4-2-10(3-5-11)12-6-7-15-17-12/h2-8H,1H3,(H,15,17)(H,16,19). The van der Waals surface area contributed by atoms with Gasteiger partial charge in [0, 0.05) is 18.0 Å². The molecule has 2 aromatic heterocycles. The van der Waals surface area contributed by atoms with E-state index >= 15 is 0 Å². The van der Waals surface area contributed by atoms with Gasteiger partial charge in [0.15, 0.2) is 5.69 Å². The molecule has 0 fully saturated rings. The lowest BCUT2D eigenvalue weighted by Gasteiger charge is -2.03. The highest BCUT2D eigenvalue weighted by Crippen LogP contribution is 2.19. The third kappa shape index (κ3) is 2.44. The second-order valence-electron chi connectivity index (χ2n) is 4.32. The summed E-state index contributed by atoms with van der Waals surface area (Å²) in [7, 11) is 0. The van der Waals surface area contributed by atoms with E-state index in [1.807, 2.05) is 30.3 Å². The van der Waals surface area contributed by atoms with Crippen LogP contribution in [0.25, 0.3) is 11.3 Å². The SMILES string of the molecule is Cc1cc(C(=O)Nc2ccc(-c3ccn[nH]3)cc2)no1. The maximum absolute atomic E-state index is 11.9. The van der Waals surface area contributed by atoms with E-state index in [9.17, 15) is 4.79 Å². The molecular formula is C14H12N4O2. The van der Waals surface area contributed by atoms with Crippen molar-refractivity contribution in [1.29, 1.82) is 0 Å². The van der Waals surface area contributed by atoms with Crippen molar-refractivity contribution in [3.8, 4) is 11.3 Å². The number of rotatable bonds is 3. The number of anilines is 1. The Morgan fingerprint density at radius 2 is 2.05 bits per heavy atom. The van der Waals surface area contributed by atoms with Gasteiger partial charge in [0.2, 0.25) is 0 Å². The Hall–Kier alpha value is -2.89. The Morgan fingerprint density at radius 1 is 1.25 bits per heavy atom. The van der Waals surface area contributed by atoms with E-state index in [1.54, 1.807) is 19.2 Å². The zero-order valence-corrected chi connectivity index (χ0v) is 10.8. The minimum Gasteiger partial charge on any atom is -0.361 e. The number of hydrogen-bond acceptors (Lipinski definition) is 4. The number of benzene rings is 1. The molecule has 3 aromatic rings. The lowest BCUT2D eigenvalue weighted by molar-refractivity contribution is 0.101. The molecule has 0 atom stereocenters. The molecule has 0 aliphatic carbocycles. The summed E-state index contributed by atoms with van der Waals surface area (Å²) in [5.41, 5.74) is 2.88. The summed E-state index contributed by atoms with van der Waals surface area (Å²) in [5.74, 6) is 0.306. The molecule has 1 aromatic carbocycles. The van der Waals surface area contributed by atoms with Crippen molar-refractivity contribution >= 4 is 11.6 Å². The summed E-state index contributed by atoms with van der Waals surface area (Å²) in [6, 6.07) is 10.9. The number of aryl methyl sites for hydroxylation is 1. The van der Waals surface area contributed by atoms with Crippen molar-refractivity contribution in [2.24, 2.45) is 0 Å².